The van der Waals surface area contributed by atoms with Gasteiger partial charge in [-0.1, -0.05) is 17.7 Å². The van der Waals surface area contributed by atoms with Crippen LogP contribution in [0, 0.1) is 27.7 Å². The van der Waals surface area contributed by atoms with Crippen LogP contribution < -0.4 is 0 Å². The first-order chi connectivity index (χ1) is 12.5. The maximum absolute atomic E-state index is 13.1. The van der Waals surface area contributed by atoms with Crippen molar-refractivity contribution in [1.29, 1.82) is 0 Å². The highest BCUT2D eigenvalue weighted by Gasteiger charge is 2.45. The summed E-state index contributed by atoms with van der Waals surface area (Å²) in [4.78, 5) is 0.454. The van der Waals surface area contributed by atoms with Gasteiger partial charge in [-0.15, -0.1) is 0 Å². The molecule has 0 atom stereocenters. The third kappa shape index (κ3) is 3.42. The quantitative estimate of drug-likeness (QED) is 0.749. The Bertz CT molecular complexity index is 1080. The number of aryl methyl sites for hydroxylation is 2. The van der Waals surface area contributed by atoms with Crippen LogP contribution in [0.25, 0.3) is 0 Å². The summed E-state index contributed by atoms with van der Waals surface area (Å²) in [5.41, 5.74) is 3.23. The number of hydrogen-bond acceptors (Lipinski definition) is 4. The normalized spacial score (nSPS) is 16.3. The summed E-state index contributed by atoms with van der Waals surface area (Å²) in [6.07, 6.45) is 0. The minimum Gasteiger partial charge on any atom is -0.223 e. The Morgan fingerprint density at radius 1 is 0.889 bits per heavy atom. The first-order valence-electron chi connectivity index (χ1n) is 8.53. The van der Waals surface area contributed by atoms with Crippen LogP contribution in [0.3, 0.4) is 0 Å². The Kier molecular flexibility index (Phi) is 5.18. The van der Waals surface area contributed by atoms with Gasteiger partial charge >= 0.3 is 0 Å². The predicted octanol–water partition coefficient (Wildman–Crippen LogP) is 3.42. The van der Waals surface area contributed by atoms with Crippen molar-refractivity contribution in [3.05, 3.63) is 57.6 Å². The van der Waals surface area contributed by atoms with Gasteiger partial charge in [-0.05, 0) is 74.2 Å². The van der Waals surface area contributed by atoms with Crippen LogP contribution in [0.15, 0.2) is 40.1 Å². The first-order valence-corrected chi connectivity index (χ1v) is 11.9. The Morgan fingerprint density at radius 2 is 1.37 bits per heavy atom. The molecule has 5 nitrogen and oxygen atoms in total. The minimum absolute atomic E-state index is 0.0425. The van der Waals surface area contributed by atoms with E-state index in [0.29, 0.717) is 21.0 Å². The van der Waals surface area contributed by atoms with E-state index in [2.05, 4.69) is 0 Å². The first kappa shape index (κ1) is 20.3. The molecule has 0 aromatic heterocycles. The Balaban J connectivity index is 1.89. The van der Waals surface area contributed by atoms with Crippen molar-refractivity contribution in [2.45, 2.75) is 42.7 Å². The second-order valence-corrected chi connectivity index (χ2v) is 11.6. The van der Waals surface area contributed by atoms with Crippen LogP contribution in [-0.4, -0.2) is 39.5 Å². The van der Waals surface area contributed by atoms with Gasteiger partial charge < -0.3 is 0 Å². The minimum atomic E-state index is -3.74. The maximum Gasteiger partial charge on any atom is 0.243 e. The van der Waals surface area contributed by atoms with Crippen molar-refractivity contribution < 1.29 is 16.8 Å². The highest BCUT2D eigenvalue weighted by molar-refractivity contribution is 7.92. The SMILES string of the molecule is Cc1cc(C)c(C)c(S(=O)(=O)N2CC(S(=O)(=O)c3ccc(Cl)cc3)C2)c1C. The summed E-state index contributed by atoms with van der Waals surface area (Å²) < 4.78 is 52.9. The average molecular weight is 428 g/mol. The molecule has 0 spiro atoms. The average Bonchev–Trinajstić information content (AvgIpc) is 2.51. The molecule has 3 rings (SSSR count). The molecule has 0 bridgehead atoms. The third-order valence-electron chi connectivity index (χ3n) is 5.29. The second kappa shape index (κ2) is 6.88. The lowest BCUT2D eigenvalue weighted by Crippen LogP contribution is -2.56. The monoisotopic (exact) mass is 427 g/mol. The van der Waals surface area contributed by atoms with E-state index in [1.165, 1.54) is 28.6 Å². The van der Waals surface area contributed by atoms with Crippen LogP contribution in [0.1, 0.15) is 22.3 Å². The summed E-state index contributed by atoms with van der Waals surface area (Å²) in [5.74, 6) is 0. The van der Waals surface area contributed by atoms with Crippen LogP contribution in [0.4, 0.5) is 0 Å². The zero-order valence-corrected chi connectivity index (χ0v) is 18.0. The van der Waals surface area contributed by atoms with Gasteiger partial charge in [0.15, 0.2) is 9.84 Å². The lowest BCUT2D eigenvalue weighted by molar-refractivity contribution is 0.309. The van der Waals surface area contributed by atoms with Gasteiger partial charge in [-0.25, -0.2) is 16.8 Å². The molecule has 2 aromatic rings. The topological polar surface area (TPSA) is 71.5 Å². The van der Waals surface area contributed by atoms with E-state index in [1.807, 2.05) is 19.9 Å². The number of sulfonamides is 1. The molecular weight excluding hydrogens is 406 g/mol. The molecule has 146 valence electrons. The van der Waals surface area contributed by atoms with E-state index in [-0.39, 0.29) is 18.0 Å². The standard InChI is InChI=1S/C19H22ClNO4S2/c1-12-9-13(2)15(4)19(14(12)3)27(24,25)21-10-18(11-21)26(22,23)17-7-5-16(20)6-8-17/h5-9,18H,10-11H2,1-4H3. The Morgan fingerprint density at radius 3 is 1.85 bits per heavy atom. The molecule has 2 aromatic carbocycles. The Labute approximate surface area is 165 Å². The molecule has 0 unspecified atom stereocenters. The highest BCUT2D eigenvalue weighted by Crippen LogP contribution is 2.33. The van der Waals surface area contributed by atoms with Gasteiger partial charge in [0.05, 0.1) is 15.0 Å². The Hall–Kier alpha value is -1.41. The molecule has 1 saturated heterocycles. The summed E-state index contributed by atoms with van der Waals surface area (Å²) in [6, 6.07) is 7.90. The van der Waals surface area contributed by atoms with Crippen molar-refractivity contribution in [3.63, 3.8) is 0 Å². The molecule has 1 aliphatic heterocycles. The molecule has 1 aliphatic rings. The molecule has 0 saturated carbocycles. The van der Waals surface area contributed by atoms with Gasteiger partial charge in [0, 0.05) is 18.1 Å². The molecule has 8 heteroatoms. The van der Waals surface area contributed by atoms with Crippen molar-refractivity contribution >= 4 is 31.5 Å². The smallest absolute Gasteiger partial charge is 0.223 e. The van der Waals surface area contributed by atoms with E-state index >= 15 is 0 Å². The van der Waals surface area contributed by atoms with Gasteiger partial charge in [0.2, 0.25) is 10.0 Å². The van der Waals surface area contributed by atoms with E-state index in [0.717, 1.165) is 11.1 Å². The van der Waals surface area contributed by atoms with Crippen molar-refractivity contribution in [2.24, 2.45) is 0 Å². The third-order valence-corrected chi connectivity index (χ3v) is 9.75. The predicted molar refractivity (Wildman–Crippen MR) is 107 cm³/mol. The fourth-order valence-electron chi connectivity index (χ4n) is 3.31. The van der Waals surface area contributed by atoms with Crippen LogP contribution in [0.2, 0.25) is 5.02 Å². The molecule has 0 amide bonds. The van der Waals surface area contributed by atoms with E-state index in [9.17, 15) is 16.8 Å². The highest BCUT2D eigenvalue weighted by atomic mass is 35.5. The van der Waals surface area contributed by atoms with Gasteiger partial charge in [-0.2, -0.15) is 4.31 Å². The largest absolute Gasteiger partial charge is 0.243 e. The van der Waals surface area contributed by atoms with E-state index in [1.54, 1.807) is 13.8 Å². The summed E-state index contributed by atoms with van der Waals surface area (Å²) in [6.45, 7) is 7.25. The lowest BCUT2D eigenvalue weighted by Gasteiger charge is -2.38. The summed E-state index contributed by atoms with van der Waals surface area (Å²) in [5, 5.41) is -0.299. The molecule has 1 fully saturated rings. The number of hydrogen-bond donors (Lipinski definition) is 0. The van der Waals surface area contributed by atoms with Gasteiger partial charge in [0.25, 0.3) is 0 Å². The molecular formula is C19H22ClNO4S2. The van der Waals surface area contributed by atoms with Crippen molar-refractivity contribution in [2.75, 3.05) is 13.1 Å². The second-order valence-electron chi connectivity index (χ2n) is 7.03. The fraction of sp³-hybridized carbons (Fsp3) is 0.368. The number of benzene rings is 2. The van der Waals surface area contributed by atoms with Crippen molar-refractivity contribution in [1.82, 2.24) is 4.31 Å². The van der Waals surface area contributed by atoms with Crippen LogP contribution in [0.5, 0.6) is 0 Å². The van der Waals surface area contributed by atoms with E-state index < -0.39 is 25.1 Å². The zero-order chi connectivity index (χ0) is 20.1. The number of rotatable bonds is 4. The maximum atomic E-state index is 13.1. The lowest BCUT2D eigenvalue weighted by atomic mass is 10.0. The van der Waals surface area contributed by atoms with Crippen LogP contribution in [-0.2, 0) is 19.9 Å². The number of halogens is 1. The molecule has 1 heterocycles. The van der Waals surface area contributed by atoms with Gasteiger partial charge in [-0.3, -0.25) is 0 Å². The summed E-state index contributed by atoms with van der Waals surface area (Å²) in [7, 11) is -7.34. The number of nitrogens with zero attached hydrogens (tertiary/aromatic N) is 1. The molecule has 0 radical (unpaired) electrons. The summed E-state index contributed by atoms with van der Waals surface area (Å²) >= 11 is 5.81. The molecule has 27 heavy (non-hydrogen) atoms. The fourth-order valence-corrected chi connectivity index (χ4v) is 7.38. The molecule has 0 aliphatic carbocycles. The zero-order valence-electron chi connectivity index (χ0n) is 15.7. The van der Waals surface area contributed by atoms with Gasteiger partial charge in [0.1, 0.15) is 0 Å². The van der Waals surface area contributed by atoms with E-state index in [4.69, 9.17) is 11.6 Å². The van der Waals surface area contributed by atoms with Crippen molar-refractivity contribution in [3.8, 4) is 0 Å². The number of sulfone groups is 1. The van der Waals surface area contributed by atoms with Crippen LogP contribution >= 0.6 is 11.6 Å². The molecule has 0 N–H and O–H groups in total.